The van der Waals surface area contributed by atoms with Crippen molar-refractivity contribution in [2.45, 2.75) is 51.6 Å². The lowest BCUT2D eigenvalue weighted by Gasteiger charge is -2.40. The number of hydrogen-bond acceptors (Lipinski definition) is 6. The van der Waals surface area contributed by atoms with Crippen molar-refractivity contribution in [1.29, 1.82) is 0 Å². The molecule has 20 heavy (non-hydrogen) atoms. The summed E-state index contributed by atoms with van der Waals surface area (Å²) in [6.07, 6.45) is 5.29. The van der Waals surface area contributed by atoms with Crippen molar-refractivity contribution >= 4 is 11.6 Å². The number of hydrazine groups is 1. The lowest BCUT2D eigenvalue weighted by Crippen LogP contribution is -2.45. The Kier molecular flexibility index (Phi) is 4.77. The van der Waals surface area contributed by atoms with Gasteiger partial charge in [0.1, 0.15) is 17.5 Å². The normalized spacial score (nSPS) is 16.6. The monoisotopic (exact) mass is 279 g/mol. The number of ether oxygens (including phenoxy) is 1. The molecule has 1 saturated carbocycles. The van der Waals surface area contributed by atoms with Gasteiger partial charge in [0.15, 0.2) is 0 Å². The van der Waals surface area contributed by atoms with Crippen LogP contribution in [0.4, 0.5) is 11.6 Å². The van der Waals surface area contributed by atoms with E-state index < -0.39 is 0 Å². The molecule has 6 heteroatoms. The maximum Gasteiger partial charge on any atom is 0.148 e. The largest absolute Gasteiger partial charge is 0.376 e. The molecule has 1 fully saturated rings. The Bertz CT molecular complexity index is 454. The van der Waals surface area contributed by atoms with E-state index in [1.165, 1.54) is 6.42 Å². The van der Waals surface area contributed by atoms with Crippen LogP contribution in [0.2, 0.25) is 0 Å². The van der Waals surface area contributed by atoms with Gasteiger partial charge in [-0.15, -0.1) is 0 Å². The number of rotatable bonds is 7. The lowest BCUT2D eigenvalue weighted by atomic mass is 9.80. The molecule has 1 aromatic rings. The van der Waals surface area contributed by atoms with Crippen molar-refractivity contribution < 1.29 is 4.74 Å². The Morgan fingerprint density at radius 1 is 1.30 bits per heavy atom. The van der Waals surface area contributed by atoms with Crippen LogP contribution in [0.1, 0.15) is 44.0 Å². The van der Waals surface area contributed by atoms with E-state index in [1.807, 2.05) is 6.92 Å². The SMILES string of the molecule is CCCc1nc(NN)c(C)c(NCC2(OC)CCC2)n1. The molecule has 0 spiro atoms. The van der Waals surface area contributed by atoms with Gasteiger partial charge in [-0.2, -0.15) is 0 Å². The molecule has 1 heterocycles. The van der Waals surface area contributed by atoms with Gasteiger partial charge < -0.3 is 15.5 Å². The van der Waals surface area contributed by atoms with Gasteiger partial charge in [0, 0.05) is 25.6 Å². The molecule has 0 amide bonds. The van der Waals surface area contributed by atoms with Crippen molar-refractivity contribution in [2.24, 2.45) is 5.84 Å². The highest BCUT2D eigenvalue weighted by Gasteiger charge is 2.36. The van der Waals surface area contributed by atoms with Crippen LogP contribution in [-0.4, -0.2) is 29.2 Å². The van der Waals surface area contributed by atoms with Crippen molar-refractivity contribution in [1.82, 2.24) is 9.97 Å². The summed E-state index contributed by atoms with van der Waals surface area (Å²) in [4.78, 5) is 9.01. The van der Waals surface area contributed by atoms with Crippen LogP contribution in [0.5, 0.6) is 0 Å². The summed E-state index contributed by atoms with van der Waals surface area (Å²) < 4.78 is 5.62. The highest BCUT2D eigenvalue weighted by atomic mass is 16.5. The second-order valence-corrected chi connectivity index (χ2v) is 5.45. The summed E-state index contributed by atoms with van der Waals surface area (Å²) in [6, 6.07) is 0. The number of hydrogen-bond donors (Lipinski definition) is 3. The first-order valence-electron chi connectivity index (χ1n) is 7.27. The average Bonchev–Trinajstić information content (AvgIpc) is 2.41. The minimum atomic E-state index is -0.0292. The zero-order valence-corrected chi connectivity index (χ0v) is 12.6. The maximum absolute atomic E-state index is 5.62. The molecule has 0 saturated heterocycles. The van der Waals surface area contributed by atoms with E-state index in [0.29, 0.717) is 5.82 Å². The molecule has 0 aliphatic heterocycles. The van der Waals surface area contributed by atoms with Gasteiger partial charge in [0.25, 0.3) is 0 Å². The topological polar surface area (TPSA) is 85.1 Å². The zero-order valence-electron chi connectivity index (χ0n) is 12.6. The van der Waals surface area contributed by atoms with Gasteiger partial charge in [-0.25, -0.2) is 15.8 Å². The van der Waals surface area contributed by atoms with Crippen LogP contribution < -0.4 is 16.6 Å². The molecule has 6 nitrogen and oxygen atoms in total. The molecule has 1 aliphatic rings. The summed E-state index contributed by atoms with van der Waals surface area (Å²) in [5.74, 6) is 7.88. The van der Waals surface area contributed by atoms with Gasteiger partial charge in [-0.1, -0.05) is 6.92 Å². The van der Waals surface area contributed by atoms with Crippen LogP contribution in [0.25, 0.3) is 0 Å². The highest BCUT2D eigenvalue weighted by Crippen LogP contribution is 2.35. The lowest BCUT2D eigenvalue weighted by molar-refractivity contribution is -0.0601. The fraction of sp³-hybridized carbons (Fsp3) is 0.714. The third-order valence-corrected chi connectivity index (χ3v) is 4.08. The molecule has 1 aromatic heterocycles. The number of nitrogen functional groups attached to an aromatic ring is 1. The van der Waals surface area contributed by atoms with Crippen molar-refractivity contribution in [3.8, 4) is 0 Å². The second-order valence-electron chi connectivity index (χ2n) is 5.45. The first kappa shape index (κ1) is 15.0. The van der Waals surface area contributed by atoms with E-state index in [-0.39, 0.29) is 5.60 Å². The first-order chi connectivity index (χ1) is 9.64. The number of aromatic nitrogens is 2. The summed E-state index contributed by atoms with van der Waals surface area (Å²) in [5.41, 5.74) is 3.56. The third kappa shape index (κ3) is 3.02. The van der Waals surface area contributed by atoms with E-state index >= 15 is 0 Å². The van der Waals surface area contributed by atoms with E-state index in [0.717, 1.165) is 49.4 Å². The summed E-state index contributed by atoms with van der Waals surface area (Å²) in [7, 11) is 1.78. The summed E-state index contributed by atoms with van der Waals surface area (Å²) in [6.45, 7) is 4.85. The van der Waals surface area contributed by atoms with E-state index in [9.17, 15) is 0 Å². The predicted octanol–water partition coefficient (Wildman–Crippen LogP) is 2.00. The Morgan fingerprint density at radius 2 is 2.00 bits per heavy atom. The molecule has 4 N–H and O–H groups in total. The van der Waals surface area contributed by atoms with Crippen LogP contribution in [0.15, 0.2) is 0 Å². The number of aryl methyl sites for hydroxylation is 1. The number of methoxy groups -OCH3 is 1. The molecule has 0 bridgehead atoms. The first-order valence-corrected chi connectivity index (χ1v) is 7.27. The Labute approximate surface area is 120 Å². The Morgan fingerprint density at radius 3 is 2.50 bits per heavy atom. The zero-order chi connectivity index (χ0) is 14.6. The van der Waals surface area contributed by atoms with Gasteiger partial charge >= 0.3 is 0 Å². The van der Waals surface area contributed by atoms with Crippen LogP contribution in [0, 0.1) is 6.92 Å². The predicted molar refractivity (Wildman–Crippen MR) is 80.7 cm³/mol. The van der Waals surface area contributed by atoms with Crippen molar-refractivity contribution in [2.75, 3.05) is 24.4 Å². The Balaban J connectivity index is 2.14. The summed E-state index contributed by atoms with van der Waals surface area (Å²) in [5, 5.41) is 3.41. The average molecular weight is 279 g/mol. The molecule has 112 valence electrons. The fourth-order valence-corrected chi connectivity index (χ4v) is 2.48. The molecule has 2 rings (SSSR count). The number of nitrogens with zero attached hydrogens (tertiary/aromatic N) is 2. The van der Waals surface area contributed by atoms with Crippen molar-refractivity contribution in [3.05, 3.63) is 11.4 Å². The van der Waals surface area contributed by atoms with E-state index in [2.05, 4.69) is 27.6 Å². The minimum absolute atomic E-state index is 0.0292. The smallest absolute Gasteiger partial charge is 0.148 e. The molecule has 0 unspecified atom stereocenters. The van der Waals surface area contributed by atoms with Gasteiger partial charge in [-0.3, -0.25) is 0 Å². The van der Waals surface area contributed by atoms with Gasteiger partial charge in [-0.05, 0) is 32.6 Å². The third-order valence-electron chi connectivity index (χ3n) is 4.08. The molecule has 1 aliphatic carbocycles. The fourth-order valence-electron chi connectivity index (χ4n) is 2.48. The van der Waals surface area contributed by atoms with Crippen molar-refractivity contribution in [3.63, 3.8) is 0 Å². The molecular weight excluding hydrogens is 254 g/mol. The van der Waals surface area contributed by atoms with Crippen LogP contribution in [-0.2, 0) is 11.2 Å². The standard InChI is InChI=1S/C14H25N5O/c1-4-6-11-17-12(10(2)13(18-11)19-15)16-9-14(20-3)7-5-8-14/h4-9,15H2,1-3H3,(H2,16,17,18,19). The van der Waals surface area contributed by atoms with Gasteiger partial charge in [0.05, 0.1) is 5.60 Å². The molecular formula is C14H25N5O. The van der Waals surface area contributed by atoms with Crippen LogP contribution >= 0.6 is 0 Å². The van der Waals surface area contributed by atoms with E-state index in [4.69, 9.17) is 10.6 Å². The Hall–Kier alpha value is -1.40. The number of anilines is 2. The number of nitrogens with two attached hydrogens (primary N) is 1. The second kappa shape index (κ2) is 6.37. The number of nitrogens with one attached hydrogen (secondary N) is 2. The maximum atomic E-state index is 5.62. The molecule has 0 aromatic carbocycles. The minimum Gasteiger partial charge on any atom is -0.376 e. The highest BCUT2D eigenvalue weighted by molar-refractivity contribution is 5.56. The molecule has 0 radical (unpaired) electrons. The van der Waals surface area contributed by atoms with Crippen LogP contribution in [0.3, 0.4) is 0 Å². The molecule has 0 atom stereocenters. The summed E-state index contributed by atoms with van der Waals surface area (Å²) >= 11 is 0. The van der Waals surface area contributed by atoms with Gasteiger partial charge in [0.2, 0.25) is 0 Å². The quantitative estimate of drug-likeness (QED) is 0.523. The van der Waals surface area contributed by atoms with E-state index in [1.54, 1.807) is 7.11 Å².